The summed E-state index contributed by atoms with van der Waals surface area (Å²) in [5.74, 6) is -2.99. The summed E-state index contributed by atoms with van der Waals surface area (Å²) in [5, 5.41) is 48.0. The Morgan fingerprint density at radius 3 is 1.45 bits per heavy atom. The van der Waals surface area contributed by atoms with E-state index in [9.17, 15) is 54.3 Å². The van der Waals surface area contributed by atoms with Gasteiger partial charge in [0.25, 0.3) is 34.8 Å². The standard InChI is InChI=1S/C16H11Cl2N3O4.C16H13N3O6.C16H11N3O5.2CH4/c1-25-16(22)11-6-4-5-10(9-11)14(17)19-20-15(18)12-7-2-3-8-13(12)21(23)24;1-25-16(22)11-6-4-5-10(9-11)14(20)17-18-15(21)12-7-2-3-8-13(12)19(23)24;1-23-16(20)11-6-4-5-10(9-11)14-17-18-15(24-14)12-7-2-3-8-13(12)19(21)22;;/h2-9H,1H3;2-9H,1H3,(H,17,20)(H,18,21);2-9H,1H3;2*1H4/b19-14-,20-15-;;;;. The van der Waals surface area contributed by atoms with Gasteiger partial charge in [-0.1, -0.05) is 98.7 Å². The molecular weight excluding hydrogens is 1040 g/mol. The number of benzene rings is 6. The number of hydrogen-bond acceptors (Lipinski definition) is 19. The molecule has 7 aromatic rings. The minimum absolute atomic E-state index is 0. The van der Waals surface area contributed by atoms with Gasteiger partial charge in [-0.25, -0.2) is 14.4 Å². The van der Waals surface area contributed by atoms with Crippen LogP contribution >= 0.6 is 23.2 Å². The molecule has 2 N–H and O–H groups in total. The smallest absolute Gasteiger partial charge is 0.337 e. The van der Waals surface area contributed by atoms with Crippen molar-refractivity contribution < 1.29 is 57.4 Å². The van der Waals surface area contributed by atoms with E-state index >= 15 is 0 Å². The number of rotatable bonds is 13. The van der Waals surface area contributed by atoms with Gasteiger partial charge in [-0.15, -0.1) is 20.4 Å². The third-order valence-electron chi connectivity index (χ3n) is 9.54. The van der Waals surface area contributed by atoms with Crippen molar-refractivity contribution in [3.05, 3.63) is 215 Å². The number of carbonyl (C=O) groups is 5. The van der Waals surface area contributed by atoms with Gasteiger partial charge >= 0.3 is 17.9 Å². The minimum atomic E-state index is -0.843. The van der Waals surface area contributed by atoms with E-state index in [-0.39, 0.29) is 81.9 Å². The van der Waals surface area contributed by atoms with Crippen LogP contribution in [-0.2, 0) is 14.2 Å². The molecule has 6 aromatic carbocycles. The molecule has 7 rings (SSSR count). The fourth-order valence-corrected chi connectivity index (χ4v) is 6.39. The van der Waals surface area contributed by atoms with Crippen molar-refractivity contribution in [3.63, 3.8) is 0 Å². The molecule has 26 heteroatoms. The van der Waals surface area contributed by atoms with E-state index < -0.39 is 44.5 Å². The highest BCUT2D eigenvalue weighted by molar-refractivity contribution is 6.71. The van der Waals surface area contributed by atoms with E-state index in [1.54, 1.807) is 60.7 Å². The molecule has 0 fully saturated rings. The van der Waals surface area contributed by atoms with Gasteiger partial charge in [0, 0.05) is 34.9 Å². The van der Waals surface area contributed by atoms with Gasteiger partial charge in [0.15, 0.2) is 10.3 Å². The second kappa shape index (κ2) is 28.8. The van der Waals surface area contributed by atoms with E-state index in [2.05, 4.69) is 45.5 Å². The molecule has 76 heavy (non-hydrogen) atoms. The molecular formula is C50H43Cl2N9O15. The maximum Gasteiger partial charge on any atom is 0.337 e. The lowest BCUT2D eigenvalue weighted by molar-refractivity contribution is -0.385. The molecule has 0 saturated heterocycles. The van der Waals surface area contributed by atoms with Gasteiger partial charge in [-0.05, 0) is 66.7 Å². The van der Waals surface area contributed by atoms with Gasteiger partial charge in [0.1, 0.15) is 11.1 Å². The van der Waals surface area contributed by atoms with Gasteiger partial charge in [-0.2, -0.15) is 0 Å². The number of amides is 2. The summed E-state index contributed by atoms with van der Waals surface area (Å²) in [5.41, 5.74) is 5.48. The number of para-hydroxylation sites is 3. The molecule has 392 valence electrons. The van der Waals surface area contributed by atoms with Crippen LogP contribution in [0.3, 0.4) is 0 Å². The zero-order chi connectivity index (χ0) is 53.9. The Kier molecular flexibility index (Phi) is 22.9. The number of nitrogens with one attached hydrogen (secondary N) is 2. The molecule has 1 heterocycles. The average molecular weight is 1080 g/mol. The summed E-state index contributed by atoms with van der Waals surface area (Å²) in [6.45, 7) is 0. The Labute approximate surface area is 441 Å². The second-order valence-electron chi connectivity index (χ2n) is 14.1. The Morgan fingerprint density at radius 1 is 0.487 bits per heavy atom. The number of halogens is 2. The summed E-state index contributed by atoms with van der Waals surface area (Å²) in [7, 11) is 3.76. The molecule has 0 aliphatic rings. The molecule has 0 radical (unpaired) electrons. The van der Waals surface area contributed by atoms with Crippen molar-refractivity contribution in [1.82, 2.24) is 21.0 Å². The van der Waals surface area contributed by atoms with Crippen molar-refractivity contribution in [2.45, 2.75) is 14.9 Å². The summed E-state index contributed by atoms with van der Waals surface area (Å²) >= 11 is 12.1. The first-order valence-electron chi connectivity index (χ1n) is 20.7. The van der Waals surface area contributed by atoms with Crippen molar-refractivity contribution in [2.75, 3.05) is 21.3 Å². The molecule has 0 bridgehead atoms. The summed E-state index contributed by atoms with van der Waals surface area (Å²) in [4.78, 5) is 89.8. The van der Waals surface area contributed by atoms with Crippen LogP contribution in [0.5, 0.6) is 0 Å². The number of carbonyl (C=O) groups excluding carboxylic acids is 5. The normalized spacial score (nSPS) is 10.4. The maximum atomic E-state index is 12.1. The molecule has 2 amide bonds. The Morgan fingerprint density at radius 2 is 0.895 bits per heavy atom. The predicted octanol–water partition coefficient (Wildman–Crippen LogP) is 9.79. The highest BCUT2D eigenvalue weighted by Crippen LogP contribution is 2.31. The van der Waals surface area contributed by atoms with Gasteiger partial charge in [-0.3, -0.25) is 50.8 Å². The third kappa shape index (κ3) is 16.0. The monoisotopic (exact) mass is 1080 g/mol. The zero-order valence-electron chi connectivity index (χ0n) is 38.4. The van der Waals surface area contributed by atoms with E-state index in [4.69, 9.17) is 27.6 Å². The minimum Gasteiger partial charge on any atom is -0.465 e. The fraction of sp³-hybridized carbons (Fsp3) is 0.100. The van der Waals surface area contributed by atoms with Crippen LogP contribution in [-0.4, -0.2) is 86.4 Å². The molecule has 0 unspecified atom stereocenters. The lowest BCUT2D eigenvalue weighted by atomic mass is 10.1. The first kappa shape index (κ1) is 60.2. The number of nitro benzene ring substituents is 3. The number of esters is 3. The van der Waals surface area contributed by atoms with Crippen molar-refractivity contribution in [3.8, 4) is 22.9 Å². The van der Waals surface area contributed by atoms with Gasteiger partial charge in [0.05, 0.1) is 58.4 Å². The first-order valence-corrected chi connectivity index (χ1v) is 21.4. The molecule has 24 nitrogen and oxygen atoms in total. The highest BCUT2D eigenvalue weighted by atomic mass is 35.5. The maximum absolute atomic E-state index is 12.1. The van der Waals surface area contributed by atoms with Crippen molar-refractivity contribution >= 4 is 80.3 Å². The first-order chi connectivity index (χ1) is 35.5. The SMILES string of the molecule is C.C.COC(=O)c1cccc(-c2nnc(-c3ccccc3[N+](=O)[O-])o2)c1.COC(=O)c1cccc(/C(Cl)=N/N=C(\Cl)c2ccccc2[N+](=O)[O-])c1.COC(=O)c1cccc(C(=O)NNC(=O)c2ccccc2[N+](=O)[O-])c1. The van der Waals surface area contributed by atoms with E-state index in [0.717, 1.165) is 0 Å². The Bertz CT molecular complexity index is 3350. The van der Waals surface area contributed by atoms with E-state index in [1.807, 2.05) is 0 Å². The van der Waals surface area contributed by atoms with E-state index in [1.165, 1.54) is 106 Å². The number of nitrogens with zero attached hydrogens (tertiary/aromatic N) is 7. The number of methoxy groups -OCH3 is 3. The van der Waals surface area contributed by atoms with Gasteiger partial charge < -0.3 is 18.6 Å². The molecule has 1 aromatic heterocycles. The summed E-state index contributed by atoms with van der Waals surface area (Å²) in [6.07, 6.45) is 0. The van der Waals surface area contributed by atoms with Crippen LogP contribution in [0.25, 0.3) is 22.9 Å². The topological polar surface area (TPSA) is 330 Å². The van der Waals surface area contributed by atoms with Crippen LogP contribution < -0.4 is 10.9 Å². The average Bonchev–Trinajstić information content (AvgIpc) is 3.94. The third-order valence-corrected chi connectivity index (χ3v) is 10.1. The van der Waals surface area contributed by atoms with Crippen molar-refractivity contribution in [2.24, 2.45) is 10.2 Å². The van der Waals surface area contributed by atoms with Crippen LogP contribution in [0.4, 0.5) is 17.1 Å². The van der Waals surface area contributed by atoms with E-state index in [0.29, 0.717) is 22.3 Å². The number of ether oxygens (including phenoxy) is 3. The van der Waals surface area contributed by atoms with Crippen LogP contribution in [0, 0.1) is 30.3 Å². The molecule has 0 aliphatic heterocycles. The highest BCUT2D eigenvalue weighted by Gasteiger charge is 2.22. The number of aromatic nitrogens is 2. The van der Waals surface area contributed by atoms with Crippen LogP contribution in [0.2, 0.25) is 0 Å². The van der Waals surface area contributed by atoms with Gasteiger partial charge in [0.2, 0.25) is 5.89 Å². The molecule has 0 aliphatic carbocycles. The molecule has 0 spiro atoms. The number of hydrazine groups is 1. The summed E-state index contributed by atoms with van der Waals surface area (Å²) < 4.78 is 19.4. The van der Waals surface area contributed by atoms with Crippen LogP contribution in [0.15, 0.2) is 160 Å². The fourth-order valence-electron chi connectivity index (χ4n) is 6.04. The quantitative estimate of drug-likeness (QED) is 0.0356. The second-order valence-corrected chi connectivity index (χ2v) is 14.9. The van der Waals surface area contributed by atoms with Crippen LogP contribution in [0.1, 0.15) is 77.8 Å². The lowest BCUT2D eigenvalue weighted by Gasteiger charge is -2.08. The predicted molar refractivity (Wildman–Crippen MR) is 278 cm³/mol. The zero-order valence-corrected chi connectivity index (χ0v) is 39.9. The molecule has 0 atom stereocenters. The lowest BCUT2D eigenvalue weighted by Crippen LogP contribution is -2.41. The molecule has 0 saturated carbocycles. The largest absolute Gasteiger partial charge is 0.465 e. The Balaban J connectivity index is 0.000000296. The summed E-state index contributed by atoms with van der Waals surface area (Å²) in [6, 6.07) is 35.7. The number of nitro groups is 3. The number of hydrogen-bond donors (Lipinski definition) is 2. The Hall–Kier alpha value is -10.1. The van der Waals surface area contributed by atoms with Crippen molar-refractivity contribution in [1.29, 1.82) is 0 Å².